The topological polar surface area (TPSA) is 131 Å². The van der Waals surface area contributed by atoms with E-state index in [4.69, 9.17) is 20.4 Å². The van der Waals surface area contributed by atoms with Gasteiger partial charge in [-0.3, -0.25) is 0 Å². The highest BCUT2D eigenvalue weighted by Crippen LogP contribution is 2.24. The lowest BCUT2D eigenvalue weighted by molar-refractivity contribution is 0.0693. The molecule has 9 heteroatoms. The summed E-state index contributed by atoms with van der Waals surface area (Å²) < 4.78 is 30.0. The molecule has 0 amide bonds. The molecule has 0 bridgehead atoms. The van der Waals surface area contributed by atoms with Gasteiger partial charge in [-0.1, -0.05) is 0 Å². The first-order valence-corrected chi connectivity index (χ1v) is 6.98. The van der Waals surface area contributed by atoms with E-state index in [9.17, 15) is 13.2 Å². The van der Waals surface area contributed by atoms with E-state index in [1.807, 2.05) is 0 Å². The second-order valence-electron chi connectivity index (χ2n) is 3.76. The molecule has 0 aliphatic carbocycles. The number of ether oxygens (including phenoxy) is 1. The van der Waals surface area contributed by atoms with Crippen LogP contribution >= 0.6 is 0 Å². The molecule has 0 unspecified atom stereocenters. The average molecular weight is 309 g/mol. The molecule has 1 aromatic carbocycles. The average Bonchev–Trinajstić information content (AvgIpc) is 2.46. The number of aromatic carboxylic acids is 1. The summed E-state index contributed by atoms with van der Waals surface area (Å²) in [7, 11) is -2.88. The zero-order valence-electron chi connectivity index (χ0n) is 11.0. The Morgan fingerprint density at radius 1 is 1.33 bits per heavy atom. The maximum atomic E-state index is 12.3. The van der Waals surface area contributed by atoms with Gasteiger partial charge in [0, 0.05) is 0 Å². The predicted molar refractivity (Wildman–Crippen MR) is 69.9 cm³/mol. The molecule has 1 aromatic rings. The summed E-state index contributed by atoms with van der Waals surface area (Å²) in [6.07, 6.45) is 0. The molecular formula is C12H11N3O5S. The van der Waals surface area contributed by atoms with Crippen LogP contribution in [0.1, 0.15) is 10.4 Å². The minimum atomic E-state index is -4.14. The van der Waals surface area contributed by atoms with Crippen molar-refractivity contribution in [2.75, 3.05) is 20.2 Å². The Morgan fingerprint density at radius 3 is 2.33 bits per heavy atom. The molecule has 0 aliphatic rings. The first-order chi connectivity index (χ1) is 9.88. The zero-order valence-corrected chi connectivity index (χ0v) is 11.8. The summed E-state index contributed by atoms with van der Waals surface area (Å²) in [6.45, 7) is -1.02. The fourth-order valence-corrected chi connectivity index (χ4v) is 2.81. The standard InChI is InChI=1S/C12H11N3O5S/c1-20-11-3-2-9(8-10(11)12(16)17)21(18,19)15(6-4-13)7-5-14/h2-3,8H,6-7H2,1H3,(H,16,17). The molecule has 0 atom stereocenters. The van der Waals surface area contributed by atoms with Crippen LogP contribution in [0.4, 0.5) is 0 Å². The lowest BCUT2D eigenvalue weighted by Crippen LogP contribution is -2.32. The SMILES string of the molecule is COc1ccc(S(=O)(=O)N(CC#N)CC#N)cc1C(=O)O. The van der Waals surface area contributed by atoms with Crippen molar-refractivity contribution in [3.8, 4) is 17.9 Å². The lowest BCUT2D eigenvalue weighted by Gasteiger charge is -2.16. The van der Waals surface area contributed by atoms with E-state index in [-0.39, 0.29) is 16.2 Å². The molecule has 110 valence electrons. The molecule has 0 aromatic heterocycles. The van der Waals surface area contributed by atoms with E-state index in [1.165, 1.54) is 13.2 Å². The molecule has 1 N–H and O–H groups in total. The third-order valence-electron chi connectivity index (χ3n) is 2.53. The van der Waals surface area contributed by atoms with Gasteiger partial charge >= 0.3 is 5.97 Å². The van der Waals surface area contributed by atoms with E-state index < -0.39 is 29.1 Å². The highest BCUT2D eigenvalue weighted by Gasteiger charge is 2.26. The number of nitrogens with zero attached hydrogens (tertiary/aromatic N) is 3. The van der Waals surface area contributed by atoms with Gasteiger partial charge in [-0.25, -0.2) is 13.2 Å². The molecule has 21 heavy (non-hydrogen) atoms. The van der Waals surface area contributed by atoms with Crippen molar-refractivity contribution in [3.05, 3.63) is 23.8 Å². The second-order valence-corrected chi connectivity index (χ2v) is 5.69. The minimum Gasteiger partial charge on any atom is -0.496 e. The fraction of sp³-hybridized carbons (Fsp3) is 0.250. The van der Waals surface area contributed by atoms with Gasteiger partial charge in [0.1, 0.15) is 24.4 Å². The molecule has 8 nitrogen and oxygen atoms in total. The molecule has 0 saturated heterocycles. The first kappa shape index (κ1) is 16.4. The van der Waals surface area contributed by atoms with Crippen molar-refractivity contribution in [3.63, 3.8) is 0 Å². The number of methoxy groups -OCH3 is 1. The number of hydrogen-bond acceptors (Lipinski definition) is 6. The van der Waals surface area contributed by atoms with Crippen LogP contribution in [0.2, 0.25) is 0 Å². The van der Waals surface area contributed by atoms with E-state index in [0.717, 1.165) is 12.1 Å². The number of benzene rings is 1. The lowest BCUT2D eigenvalue weighted by atomic mass is 10.2. The first-order valence-electron chi connectivity index (χ1n) is 5.53. The van der Waals surface area contributed by atoms with Crippen molar-refractivity contribution >= 4 is 16.0 Å². The number of carbonyl (C=O) groups is 1. The molecule has 0 spiro atoms. The number of nitriles is 2. The summed E-state index contributed by atoms with van der Waals surface area (Å²) in [5.41, 5.74) is -0.326. The summed E-state index contributed by atoms with van der Waals surface area (Å²) in [6, 6.07) is 6.57. The minimum absolute atomic E-state index is 0.00793. The van der Waals surface area contributed by atoms with Crippen LogP contribution < -0.4 is 4.74 Å². The Bertz CT molecular complexity index is 714. The molecule has 0 heterocycles. The third-order valence-corrected chi connectivity index (χ3v) is 4.32. The number of hydrogen-bond donors (Lipinski definition) is 1. The Kier molecular flexibility index (Phi) is 5.24. The molecule has 0 aliphatic heterocycles. The summed E-state index contributed by atoms with van der Waals surface area (Å²) in [4.78, 5) is 10.8. The van der Waals surface area contributed by atoms with E-state index in [0.29, 0.717) is 4.31 Å². The Balaban J connectivity index is 3.38. The maximum Gasteiger partial charge on any atom is 0.339 e. The van der Waals surface area contributed by atoms with Crippen LogP contribution in [0, 0.1) is 22.7 Å². The van der Waals surface area contributed by atoms with Gasteiger partial charge in [0.2, 0.25) is 10.0 Å². The smallest absolute Gasteiger partial charge is 0.339 e. The van der Waals surface area contributed by atoms with Crippen molar-refractivity contribution < 1.29 is 23.1 Å². The van der Waals surface area contributed by atoms with Crippen LogP contribution in [-0.2, 0) is 10.0 Å². The van der Waals surface area contributed by atoms with Crippen molar-refractivity contribution in [1.29, 1.82) is 10.5 Å². The molecule has 0 fully saturated rings. The zero-order chi connectivity index (χ0) is 16.0. The van der Waals surface area contributed by atoms with Crippen LogP contribution in [0.3, 0.4) is 0 Å². The van der Waals surface area contributed by atoms with Crippen LogP contribution in [0.5, 0.6) is 5.75 Å². The molecule has 0 radical (unpaired) electrons. The van der Waals surface area contributed by atoms with E-state index in [2.05, 4.69) is 0 Å². The molecular weight excluding hydrogens is 298 g/mol. The highest BCUT2D eigenvalue weighted by molar-refractivity contribution is 7.89. The Labute approximate surface area is 121 Å². The predicted octanol–water partition coefficient (Wildman–Crippen LogP) is 0.431. The van der Waals surface area contributed by atoms with Gasteiger partial charge < -0.3 is 9.84 Å². The van der Waals surface area contributed by atoms with Gasteiger partial charge in [-0.05, 0) is 18.2 Å². The summed E-state index contributed by atoms with van der Waals surface area (Å²) in [5.74, 6) is -1.34. The van der Waals surface area contributed by atoms with E-state index in [1.54, 1.807) is 12.1 Å². The third kappa shape index (κ3) is 3.48. The molecule has 0 saturated carbocycles. The van der Waals surface area contributed by atoms with Crippen LogP contribution in [0.25, 0.3) is 0 Å². The van der Waals surface area contributed by atoms with Crippen molar-refractivity contribution in [2.24, 2.45) is 0 Å². The summed E-state index contributed by atoms with van der Waals surface area (Å²) in [5, 5.41) is 26.3. The van der Waals surface area contributed by atoms with E-state index >= 15 is 0 Å². The monoisotopic (exact) mass is 309 g/mol. The number of rotatable bonds is 6. The van der Waals surface area contributed by atoms with Crippen LogP contribution in [-0.4, -0.2) is 44.0 Å². The second kappa shape index (κ2) is 6.70. The van der Waals surface area contributed by atoms with Crippen molar-refractivity contribution in [2.45, 2.75) is 4.90 Å². The summed E-state index contributed by atoms with van der Waals surface area (Å²) >= 11 is 0. The van der Waals surface area contributed by atoms with Crippen LogP contribution in [0.15, 0.2) is 23.1 Å². The number of carboxylic acid groups (broad SMARTS) is 1. The Hall–Kier alpha value is -2.62. The Morgan fingerprint density at radius 2 is 1.90 bits per heavy atom. The van der Waals surface area contributed by atoms with Crippen molar-refractivity contribution in [1.82, 2.24) is 4.31 Å². The number of carboxylic acids is 1. The van der Waals surface area contributed by atoms with Gasteiger partial charge in [-0.2, -0.15) is 14.8 Å². The fourth-order valence-electron chi connectivity index (χ4n) is 1.55. The van der Waals surface area contributed by atoms with Gasteiger partial charge in [0.25, 0.3) is 0 Å². The number of sulfonamides is 1. The maximum absolute atomic E-state index is 12.3. The quantitative estimate of drug-likeness (QED) is 0.753. The van der Waals surface area contributed by atoms with Gasteiger partial charge in [-0.15, -0.1) is 0 Å². The largest absolute Gasteiger partial charge is 0.496 e. The highest BCUT2D eigenvalue weighted by atomic mass is 32.2. The van der Waals surface area contributed by atoms with Gasteiger partial charge in [0.15, 0.2) is 0 Å². The van der Waals surface area contributed by atoms with Gasteiger partial charge in [0.05, 0.1) is 24.1 Å². The molecule has 1 rings (SSSR count). The normalized spacial score (nSPS) is 10.7.